The van der Waals surface area contributed by atoms with Gasteiger partial charge in [-0.25, -0.2) is 4.57 Å². The van der Waals surface area contributed by atoms with Crippen molar-refractivity contribution in [2.75, 3.05) is 13.1 Å². The molecule has 0 amide bonds. The first-order valence-corrected chi connectivity index (χ1v) is 5.41. The van der Waals surface area contributed by atoms with Crippen LogP contribution < -0.4 is 26.9 Å². The molecule has 4 heteroatoms. The first-order chi connectivity index (χ1) is 6.74. The summed E-state index contributed by atoms with van der Waals surface area (Å²) in [6, 6.07) is 4.23. The minimum atomic E-state index is 0. The Morgan fingerprint density at radius 3 is 1.75 bits per heavy atom. The highest BCUT2D eigenvalue weighted by Gasteiger charge is 1.90. The van der Waals surface area contributed by atoms with Crippen molar-refractivity contribution in [3.05, 3.63) is 30.1 Å². The van der Waals surface area contributed by atoms with Gasteiger partial charge in [-0.3, -0.25) is 0 Å². The lowest BCUT2D eigenvalue weighted by atomic mass is 10.3. The maximum absolute atomic E-state index is 3.11. The average molecular weight is 312 g/mol. The van der Waals surface area contributed by atoms with Crippen molar-refractivity contribution >= 4 is 12.4 Å². The number of halogens is 2. The predicted octanol–water partition coefficient (Wildman–Crippen LogP) is -0.656. The average Bonchev–Trinajstić information content (AvgIpc) is 2.21. The molecule has 0 spiro atoms. The van der Waals surface area contributed by atoms with Crippen molar-refractivity contribution in [1.29, 1.82) is 0 Å². The number of nitrogens with one attached hydrogen (secondary N) is 1. The van der Waals surface area contributed by atoms with Crippen molar-refractivity contribution < 1.29 is 21.5 Å². The summed E-state index contributed by atoms with van der Waals surface area (Å²) < 4.78 is 2.15. The maximum Gasteiger partial charge on any atom is 0.169 e. The Morgan fingerprint density at radius 2 is 1.50 bits per heavy atom. The molecule has 0 aliphatic carbocycles. The van der Waals surface area contributed by atoms with Crippen LogP contribution >= 0.6 is 12.4 Å². The fraction of sp³-hybridized carbons (Fsp3) is 0.583. The minimum absolute atomic E-state index is 0. The second-order valence-corrected chi connectivity index (χ2v) is 3.16. The zero-order valence-electron chi connectivity index (χ0n) is 10.7. The van der Waals surface area contributed by atoms with Crippen LogP contribution in [0.4, 0.5) is 0 Å². The van der Waals surface area contributed by atoms with Gasteiger partial charge in [0.25, 0.3) is 0 Å². The van der Waals surface area contributed by atoms with Crippen molar-refractivity contribution in [2.45, 2.75) is 34.2 Å². The molecule has 0 saturated heterocycles. The van der Waals surface area contributed by atoms with Gasteiger partial charge in [-0.1, -0.05) is 13.8 Å². The Bertz CT molecular complexity index is 225. The zero-order valence-corrected chi connectivity index (χ0v) is 13.1. The van der Waals surface area contributed by atoms with E-state index in [0.717, 1.165) is 19.6 Å². The Morgan fingerprint density at radius 1 is 1.06 bits per heavy atom. The third-order valence-electron chi connectivity index (χ3n) is 1.92. The number of aryl methyl sites for hydroxylation is 2. The zero-order chi connectivity index (χ0) is 10.8. The van der Waals surface area contributed by atoms with Crippen LogP contribution in [0, 0.1) is 6.92 Å². The molecule has 1 heterocycles. The molecule has 1 N–H and O–H groups in total. The molecule has 0 unspecified atom stereocenters. The van der Waals surface area contributed by atoms with E-state index in [0.29, 0.717) is 0 Å². The van der Waals surface area contributed by atoms with Crippen molar-refractivity contribution in [2.24, 2.45) is 0 Å². The van der Waals surface area contributed by atoms with E-state index in [1.54, 1.807) is 0 Å². The molecule has 96 valence electrons. The standard InChI is InChI=1S/C8H12N.C4H11N.BrH.ClH/c1-3-9-6-4-8(2)5-7-9;1-3-5-4-2;;/h4-7H,3H2,1-2H3;5H,3-4H2,1-2H3;2*1H/q+1;;;/p-1. The summed E-state index contributed by atoms with van der Waals surface area (Å²) in [6.45, 7) is 11.7. The predicted molar refractivity (Wildman–Crippen MR) is 68.5 cm³/mol. The number of pyridine rings is 1. The molecule has 0 radical (unpaired) electrons. The topological polar surface area (TPSA) is 15.9 Å². The lowest BCUT2D eigenvalue weighted by Crippen LogP contribution is -3.00. The molecule has 0 fully saturated rings. The van der Waals surface area contributed by atoms with Crippen molar-refractivity contribution in [1.82, 2.24) is 5.32 Å². The van der Waals surface area contributed by atoms with E-state index in [9.17, 15) is 0 Å². The van der Waals surface area contributed by atoms with E-state index in [1.165, 1.54) is 5.56 Å². The minimum Gasteiger partial charge on any atom is -1.00 e. The molecule has 0 aromatic carbocycles. The van der Waals surface area contributed by atoms with Gasteiger partial charge in [0.15, 0.2) is 12.4 Å². The van der Waals surface area contributed by atoms with Crippen molar-refractivity contribution in [3.8, 4) is 0 Å². The molecule has 1 aromatic heterocycles. The number of rotatable bonds is 3. The lowest BCUT2D eigenvalue weighted by Gasteiger charge is -1.89. The molecule has 2 nitrogen and oxygen atoms in total. The maximum atomic E-state index is 3.11. The monoisotopic (exact) mass is 310 g/mol. The first kappa shape index (κ1) is 21.2. The molecule has 0 aliphatic rings. The van der Waals surface area contributed by atoms with E-state index in [1.807, 2.05) is 0 Å². The molecular formula is C12H24BrClN2. The molecule has 0 bridgehead atoms. The Kier molecular flexibility index (Phi) is 19.7. The molecule has 1 aromatic rings. The van der Waals surface area contributed by atoms with E-state index in [4.69, 9.17) is 0 Å². The van der Waals surface area contributed by atoms with E-state index in [2.05, 4.69) is 62.1 Å². The van der Waals surface area contributed by atoms with Gasteiger partial charge < -0.3 is 22.3 Å². The molecule has 0 saturated carbocycles. The number of hydrogen-bond donors (Lipinski definition) is 1. The second-order valence-electron chi connectivity index (χ2n) is 3.16. The van der Waals surface area contributed by atoms with Crippen LogP contribution in [0.5, 0.6) is 0 Å². The number of nitrogens with zero attached hydrogens (tertiary/aromatic N) is 1. The van der Waals surface area contributed by atoms with Crippen LogP contribution in [0.25, 0.3) is 0 Å². The Labute approximate surface area is 117 Å². The fourth-order valence-corrected chi connectivity index (χ4v) is 0.993. The lowest BCUT2D eigenvalue weighted by molar-refractivity contribution is -0.693. The Balaban J connectivity index is -0.000000214. The van der Waals surface area contributed by atoms with Crippen LogP contribution in [0.15, 0.2) is 24.5 Å². The smallest absolute Gasteiger partial charge is 0.169 e. The fourth-order valence-electron chi connectivity index (χ4n) is 0.993. The largest absolute Gasteiger partial charge is 1.00 e. The van der Waals surface area contributed by atoms with Gasteiger partial charge in [0.1, 0.15) is 6.54 Å². The molecule has 0 atom stereocenters. The summed E-state index contributed by atoms with van der Waals surface area (Å²) in [5.41, 5.74) is 1.32. The molecular weight excluding hydrogens is 288 g/mol. The third-order valence-corrected chi connectivity index (χ3v) is 1.92. The van der Waals surface area contributed by atoms with E-state index < -0.39 is 0 Å². The van der Waals surface area contributed by atoms with Crippen molar-refractivity contribution in [3.63, 3.8) is 0 Å². The van der Waals surface area contributed by atoms with Crippen LogP contribution in [0.1, 0.15) is 26.3 Å². The normalized spacial score (nSPS) is 8.00. The molecule has 16 heavy (non-hydrogen) atoms. The number of hydrogen-bond acceptors (Lipinski definition) is 1. The highest BCUT2D eigenvalue weighted by molar-refractivity contribution is 5.85. The number of aromatic nitrogens is 1. The van der Waals surface area contributed by atoms with Gasteiger partial charge in [-0.15, -0.1) is 12.4 Å². The summed E-state index contributed by atoms with van der Waals surface area (Å²) in [6.07, 6.45) is 4.19. The third kappa shape index (κ3) is 12.0. The van der Waals surface area contributed by atoms with Crippen LogP contribution in [0.2, 0.25) is 0 Å². The van der Waals surface area contributed by atoms with E-state index in [-0.39, 0.29) is 29.4 Å². The van der Waals surface area contributed by atoms with Gasteiger partial charge in [-0.2, -0.15) is 0 Å². The van der Waals surface area contributed by atoms with Gasteiger partial charge in [0.2, 0.25) is 0 Å². The summed E-state index contributed by atoms with van der Waals surface area (Å²) in [5.74, 6) is 0. The van der Waals surface area contributed by atoms with E-state index >= 15 is 0 Å². The highest BCUT2D eigenvalue weighted by atomic mass is 79.9. The summed E-state index contributed by atoms with van der Waals surface area (Å²) in [4.78, 5) is 0. The van der Waals surface area contributed by atoms with Gasteiger partial charge in [0, 0.05) is 12.1 Å². The second kappa shape index (κ2) is 14.9. The highest BCUT2D eigenvalue weighted by Crippen LogP contribution is 1.88. The SMILES string of the molecule is CCNCC.CC[n+]1ccc(C)cc1.Cl.[Br-]. The molecule has 0 aliphatic heterocycles. The first-order valence-electron chi connectivity index (χ1n) is 5.41. The summed E-state index contributed by atoms with van der Waals surface area (Å²) >= 11 is 0. The van der Waals surface area contributed by atoms with Crippen LogP contribution in [0.3, 0.4) is 0 Å². The van der Waals surface area contributed by atoms with Crippen LogP contribution in [-0.4, -0.2) is 13.1 Å². The quantitative estimate of drug-likeness (QED) is 0.733. The van der Waals surface area contributed by atoms with Crippen LogP contribution in [-0.2, 0) is 6.54 Å². The summed E-state index contributed by atoms with van der Waals surface area (Å²) in [5, 5.41) is 3.11. The van der Waals surface area contributed by atoms with Gasteiger partial charge >= 0.3 is 0 Å². The van der Waals surface area contributed by atoms with Gasteiger partial charge in [0.05, 0.1) is 0 Å². The molecule has 1 rings (SSSR count). The Hall–Kier alpha value is -0.120. The summed E-state index contributed by atoms with van der Waals surface area (Å²) in [7, 11) is 0. The van der Waals surface area contributed by atoms with Gasteiger partial charge in [-0.05, 0) is 32.5 Å².